The molecular formula is C11H20N2O. The molecule has 0 radical (unpaired) electrons. The third-order valence-corrected chi connectivity index (χ3v) is 2.51. The number of carbonyl (C=O) groups is 1. The van der Waals surface area contributed by atoms with Gasteiger partial charge in [-0.1, -0.05) is 13.0 Å². The Labute approximate surface area is 86.2 Å². The summed E-state index contributed by atoms with van der Waals surface area (Å²) in [7, 11) is 0. The molecule has 0 unspecified atom stereocenters. The lowest BCUT2D eigenvalue weighted by Crippen LogP contribution is -2.43. The summed E-state index contributed by atoms with van der Waals surface area (Å²) >= 11 is 0. The molecule has 3 nitrogen and oxygen atoms in total. The summed E-state index contributed by atoms with van der Waals surface area (Å²) in [6.45, 7) is 8.25. The van der Waals surface area contributed by atoms with Crippen molar-refractivity contribution < 1.29 is 4.79 Å². The number of nitrogens with zero attached hydrogens (tertiary/aromatic N) is 1. The number of hydrogen-bond donors (Lipinski definition) is 1. The van der Waals surface area contributed by atoms with E-state index in [2.05, 4.69) is 18.8 Å². The van der Waals surface area contributed by atoms with Crippen LogP contribution in [-0.4, -0.2) is 36.5 Å². The van der Waals surface area contributed by atoms with E-state index in [1.807, 2.05) is 4.90 Å². The van der Waals surface area contributed by atoms with Gasteiger partial charge in [0, 0.05) is 13.1 Å². The number of carbonyl (C=O) groups excluding carboxylic acids is 1. The summed E-state index contributed by atoms with van der Waals surface area (Å²) < 4.78 is 0. The number of rotatable bonds is 5. The fourth-order valence-electron chi connectivity index (χ4n) is 1.83. The summed E-state index contributed by atoms with van der Waals surface area (Å²) in [5.41, 5.74) is 0. The zero-order chi connectivity index (χ0) is 10.4. The van der Waals surface area contributed by atoms with Gasteiger partial charge in [-0.3, -0.25) is 4.79 Å². The fraction of sp³-hybridized carbons (Fsp3) is 0.727. The van der Waals surface area contributed by atoms with Crippen LogP contribution >= 0.6 is 0 Å². The third-order valence-electron chi connectivity index (χ3n) is 2.51. The van der Waals surface area contributed by atoms with Crippen LogP contribution in [0.1, 0.15) is 26.2 Å². The summed E-state index contributed by atoms with van der Waals surface area (Å²) in [6, 6.07) is 0.0569. The summed E-state index contributed by atoms with van der Waals surface area (Å²) in [5.74, 6) is 0.240. The molecule has 1 atom stereocenters. The van der Waals surface area contributed by atoms with Gasteiger partial charge in [0.15, 0.2) is 0 Å². The van der Waals surface area contributed by atoms with Crippen molar-refractivity contribution in [3.63, 3.8) is 0 Å². The van der Waals surface area contributed by atoms with Crippen LogP contribution in [-0.2, 0) is 4.79 Å². The molecule has 0 aromatic heterocycles. The van der Waals surface area contributed by atoms with Crippen LogP contribution < -0.4 is 5.32 Å². The maximum Gasteiger partial charge on any atom is 0.239 e. The van der Waals surface area contributed by atoms with Crippen LogP contribution in [0.5, 0.6) is 0 Å². The lowest BCUT2D eigenvalue weighted by Gasteiger charge is -2.23. The van der Waals surface area contributed by atoms with Crippen molar-refractivity contribution >= 4 is 5.91 Å². The molecular weight excluding hydrogens is 176 g/mol. The molecule has 0 aliphatic carbocycles. The van der Waals surface area contributed by atoms with Crippen LogP contribution in [0.25, 0.3) is 0 Å². The number of amides is 1. The van der Waals surface area contributed by atoms with E-state index < -0.39 is 0 Å². The minimum atomic E-state index is 0.0569. The van der Waals surface area contributed by atoms with E-state index >= 15 is 0 Å². The first-order chi connectivity index (χ1) is 6.79. The highest BCUT2D eigenvalue weighted by Gasteiger charge is 2.25. The second-order valence-electron chi connectivity index (χ2n) is 3.72. The van der Waals surface area contributed by atoms with Crippen LogP contribution in [0, 0.1) is 0 Å². The predicted molar refractivity (Wildman–Crippen MR) is 58.1 cm³/mol. The highest BCUT2D eigenvalue weighted by Crippen LogP contribution is 2.08. The first kappa shape index (κ1) is 11.2. The van der Waals surface area contributed by atoms with Crippen molar-refractivity contribution in [2.45, 2.75) is 32.2 Å². The van der Waals surface area contributed by atoms with Crippen LogP contribution in [0.4, 0.5) is 0 Å². The van der Waals surface area contributed by atoms with Gasteiger partial charge < -0.3 is 10.2 Å². The molecule has 1 saturated heterocycles. The normalized spacial score (nSPS) is 20.8. The molecule has 0 aromatic carbocycles. The minimum absolute atomic E-state index is 0.0569. The standard InChI is InChI=1S/C11H20N2O/c1-3-8-13(9-4-2)11(14)10-6-5-7-12-10/h3,10,12H,1,4-9H2,2H3/t10-/m0/s1. The number of hydrogen-bond acceptors (Lipinski definition) is 2. The molecule has 1 amide bonds. The molecule has 1 heterocycles. The molecule has 0 spiro atoms. The molecule has 1 rings (SSSR count). The Balaban J connectivity index is 2.47. The van der Waals surface area contributed by atoms with Crippen molar-refractivity contribution in [3.05, 3.63) is 12.7 Å². The maximum atomic E-state index is 11.9. The van der Waals surface area contributed by atoms with E-state index in [0.29, 0.717) is 6.54 Å². The van der Waals surface area contributed by atoms with E-state index in [4.69, 9.17) is 0 Å². The fourth-order valence-corrected chi connectivity index (χ4v) is 1.83. The Kier molecular flexibility index (Phi) is 4.66. The molecule has 0 saturated carbocycles. The lowest BCUT2D eigenvalue weighted by molar-refractivity contribution is -0.132. The zero-order valence-corrected chi connectivity index (χ0v) is 8.96. The molecule has 0 bridgehead atoms. The Hall–Kier alpha value is -0.830. The monoisotopic (exact) mass is 196 g/mol. The first-order valence-electron chi connectivity index (χ1n) is 5.42. The predicted octanol–water partition coefficient (Wildman–Crippen LogP) is 1.16. The summed E-state index contributed by atoms with van der Waals surface area (Å²) in [4.78, 5) is 13.8. The molecule has 80 valence electrons. The zero-order valence-electron chi connectivity index (χ0n) is 8.96. The van der Waals surface area contributed by atoms with Gasteiger partial charge in [-0.15, -0.1) is 6.58 Å². The molecule has 1 aliphatic heterocycles. The van der Waals surface area contributed by atoms with Gasteiger partial charge in [-0.2, -0.15) is 0 Å². The molecule has 3 heteroatoms. The van der Waals surface area contributed by atoms with Gasteiger partial charge in [0.25, 0.3) is 0 Å². The van der Waals surface area contributed by atoms with Crippen molar-refractivity contribution in [2.75, 3.05) is 19.6 Å². The molecule has 0 aromatic rings. The Morgan fingerprint density at radius 1 is 1.71 bits per heavy atom. The largest absolute Gasteiger partial charge is 0.338 e. The van der Waals surface area contributed by atoms with Crippen molar-refractivity contribution in [1.29, 1.82) is 0 Å². The SMILES string of the molecule is C=CCN(CCC)C(=O)[C@@H]1CCCN1. The smallest absolute Gasteiger partial charge is 0.239 e. The van der Waals surface area contributed by atoms with E-state index in [-0.39, 0.29) is 11.9 Å². The highest BCUT2D eigenvalue weighted by molar-refractivity contribution is 5.82. The van der Waals surface area contributed by atoms with Crippen molar-refractivity contribution in [3.8, 4) is 0 Å². The Morgan fingerprint density at radius 3 is 3.00 bits per heavy atom. The average molecular weight is 196 g/mol. The minimum Gasteiger partial charge on any atom is -0.338 e. The first-order valence-corrected chi connectivity index (χ1v) is 5.42. The van der Waals surface area contributed by atoms with E-state index in [0.717, 1.165) is 32.4 Å². The van der Waals surface area contributed by atoms with Crippen molar-refractivity contribution in [2.24, 2.45) is 0 Å². The van der Waals surface area contributed by atoms with Gasteiger partial charge in [0.2, 0.25) is 5.91 Å². The van der Waals surface area contributed by atoms with Gasteiger partial charge in [0.1, 0.15) is 0 Å². The summed E-state index contributed by atoms with van der Waals surface area (Å²) in [5, 5.41) is 3.23. The van der Waals surface area contributed by atoms with Crippen LogP contribution in [0.3, 0.4) is 0 Å². The molecule has 14 heavy (non-hydrogen) atoms. The van der Waals surface area contributed by atoms with Gasteiger partial charge in [0.05, 0.1) is 6.04 Å². The topological polar surface area (TPSA) is 32.3 Å². The Morgan fingerprint density at radius 2 is 2.50 bits per heavy atom. The average Bonchev–Trinajstić information content (AvgIpc) is 2.69. The molecule has 1 aliphatic rings. The summed E-state index contributed by atoms with van der Waals surface area (Å²) in [6.07, 6.45) is 4.90. The second kappa shape index (κ2) is 5.81. The van der Waals surface area contributed by atoms with E-state index in [1.165, 1.54) is 0 Å². The van der Waals surface area contributed by atoms with Crippen molar-refractivity contribution in [1.82, 2.24) is 10.2 Å². The van der Waals surface area contributed by atoms with E-state index in [1.54, 1.807) is 6.08 Å². The van der Waals surface area contributed by atoms with Gasteiger partial charge >= 0.3 is 0 Å². The lowest BCUT2D eigenvalue weighted by atomic mass is 10.2. The molecule has 1 N–H and O–H groups in total. The quantitative estimate of drug-likeness (QED) is 0.669. The number of nitrogens with one attached hydrogen (secondary N) is 1. The third kappa shape index (κ3) is 2.84. The Bertz CT molecular complexity index is 197. The molecule has 1 fully saturated rings. The van der Waals surface area contributed by atoms with E-state index in [9.17, 15) is 4.79 Å². The maximum absolute atomic E-state index is 11.9. The highest BCUT2D eigenvalue weighted by atomic mass is 16.2. The van der Waals surface area contributed by atoms with Gasteiger partial charge in [-0.05, 0) is 25.8 Å². The van der Waals surface area contributed by atoms with Crippen LogP contribution in [0.15, 0.2) is 12.7 Å². The van der Waals surface area contributed by atoms with Crippen LogP contribution in [0.2, 0.25) is 0 Å². The van der Waals surface area contributed by atoms with Gasteiger partial charge in [-0.25, -0.2) is 0 Å². The second-order valence-corrected chi connectivity index (χ2v) is 3.72.